The fraction of sp³-hybridized carbons (Fsp3) is 0.538. The molecule has 0 radical (unpaired) electrons. The fourth-order valence-electron chi connectivity index (χ4n) is 2.02. The maximum atomic E-state index is 13.3. The lowest BCUT2D eigenvalue weighted by molar-refractivity contribution is 0.519. The first-order valence-electron chi connectivity index (χ1n) is 5.86. The molecule has 0 heterocycles. The molecule has 1 aliphatic carbocycles. The van der Waals surface area contributed by atoms with Crippen molar-refractivity contribution in [2.24, 2.45) is 11.7 Å². The number of rotatable bonds is 5. The summed E-state index contributed by atoms with van der Waals surface area (Å²) in [5, 5.41) is 0. The molecule has 2 rings (SSSR count). The molecule has 1 unspecified atom stereocenters. The molecular formula is C13H17F2N. The maximum Gasteiger partial charge on any atom is 0.126 e. The van der Waals surface area contributed by atoms with Gasteiger partial charge in [-0.15, -0.1) is 0 Å². The van der Waals surface area contributed by atoms with Crippen LogP contribution in [0.4, 0.5) is 8.78 Å². The third-order valence-corrected chi connectivity index (χ3v) is 3.22. The SMILES string of the molecule is NC(CCCc1cc(F)ccc1F)C1CC1. The second-order valence-electron chi connectivity index (χ2n) is 4.63. The van der Waals surface area contributed by atoms with Gasteiger partial charge in [-0.1, -0.05) is 0 Å². The van der Waals surface area contributed by atoms with E-state index in [2.05, 4.69) is 0 Å². The van der Waals surface area contributed by atoms with Crippen molar-refractivity contribution >= 4 is 0 Å². The Morgan fingerprint density at radius 3 is 2.75 bits per heavy atom. The van der Waals surface area contributed by atoms with E-state index in [9.17, 15) is 8.78 Å². The quantitative estimate of drug-likeness (QED) is 0.819. The maximum absolute atomic E-state index is 13.3. The van der Waals surface area contributed by atoms with Crippen LogP contribution in [0.1, 0.15) is 31.2 Å². The number of hydrogen-bond donors (Lipinski definition) is 1. The number of nitrogens with two attached hydrogens (primary N) is 1. The van der Waals surface area contributed by atoms with Gasteiger partial charge >= 0.3 is 0 Å². The van der Waals surface area contributed by atoms with E-state index in [0.717, 1.165) is 18.9 Å². The topological polar surface area (TPSA) is 26.0 Å². The van der Waals surface area contributed by atoms with E-state index in [1.54, 1.807) is 0 Å². The molecule has 1 aromatic carbocycles. The summed E-state index contributed by atoms with van der Waals surface area (Å²) < 4.78 is 26.1. The zero-order valence-electron chi connectivity index (χ0n) is 9.26. The zero-order valence-corrected chi connectivity index (χ0v) is 9.26. The monoisotopic (exact) mass is 225 g/mol. The van der Waals surface area contributed by atoms with Crippen molar-refractivity contribution < 1.29 is 8.78 Å². The minimum Gasteiger partial charge on any atom is -0.327 e. The van der Waals surface area contributed by atoms with E-state index >= 15 is 0 Å². The molecule has 2 N–H and O–H groups in total. The van der Waals surface area contributed by atoms with E-state index in [0.29, 0.717) is 17.9 Å². The second-order valence-corrected chi connectivity index (χ2v) is 4.63. The van der Waals surface area contributed by atoms with Crippen LogP contribution in [-0.2, 0) is 6.42 Å². The highest BCUT2D eigenvalue weighted by molar-refractivity contribution is 5.18. The summed E-state index contributed by atoms with van der Waals surface area (Å²) in [6.07, 6.45) is 4.77. The molecule has 1 nitrogen and oxygen atoms in total. The van der Waals surface area contributed by atoms with Gasteiger partial charge in [0.1, 0.15) is 11.6 Å². The number of aryl methyl sites for hydroxylation is 1. The Morgan fingerprint density at radius 1 is 1.31 bits per heavy atom. The van der Waals surface area contributed by atoms with E-state index in [-0.39, 0.29) is 17.7 Å². The minimum absolute atomic E-state index is 0.247. The molecule has 0 bridgehead atoms. The lowest BCUT2D eigenvalue weighted by Gasteiger charge is -2.09. The minimum atomic E-state index is -0.372. The van der Waals surface area contributed by atoms with Crippen LogP contribution in [0.25, 0.3) is 0 Å². The molecule has 0 aliphatic heterocycles. The summed E-state index contributed by atoms with van der Waals surface area (Å²) >= 11 is 0. The molecule has 1 aliphatic rings. The molecule has 1 fully saturated rings. The van der Waals surface area contributed by atoms with Crippen molar-refractivity contribution in [1.82, 2.24) is 0 Å². The van der Waals surface area contributed by atoms with E-state index in [1.165, 1.54) is 25.0 Å². The predicted molar refractivity (Wildman–Crippen MR) is 60.0 cm³/mol. The number of halogens is 2. The van der Waals surface area contributed by atoms with Gasteiger partial charge in [0.15, 0.2) is 0 Å². The summed E-state index contributed by atoms with van der Waals surface area (Å²) in [5.74, 6) is -0.0124. The van der Waals surface area contributed by atoms with Crippen LogP contribution < -0.4 is 5.73 Å². The van der Waals surface area contributed by atoms with E-state index in [4.69, 9.17) is 5.73 Å². The molecule has 88 valence electrons. The molecule has 1 atom stereocenters. The number of hydrogen-bond acceptors (Lipinski definition) is 1. The summed E-state index contributed by atoms with van der Waals surface area (Å²) in [6.45, 7) is 0. The lowest BCUT2D eigenvalue weighted by Crippen LogP contribution is -2.22. The lowest BCUT2D eigenvalue weighted by atomic mass is 10.0. The van der Waals surface area contributed by atoms with Crippen LogP contribution in [0.15, 0.2) is 18.2 Å². The molecule has 1 saturated carbocycles. The van der Waals surface area contributed by atoms with Crippen molar-refractivity contribution in [2.45, 2.75) is 38.1 Å². The highest BCUT2D eigenvalue weighted by Gasteiger charge is 2.27. The smallest absolute Gasteiger partial charge is 0.126 e. The molecule has 3 heteroatoms. The molecular weight excluding hydrogens is 208 g/mol. The molecule has 1 aromatic rings. The normalized spacial score (nSPS) is 17.4. The van der Waals surface area contributed by atoms with Gasteiger partial charge in [0, 0.05) is 6.04 Å². The first-order chi connectivity index (χ1) is 7.66. The molecule has 0 aromatic heterocycles. The highest BCUT2D eigenvalue weighted by atomic mass is 19.1. The average Bonchev–Trinajstić information content (AvgIpc) is 3.06. The van der Waals surface area contributed by atoms with Crippen molar-refractivity contribution in [2.75, 3.05) is 0 Å². The van der Waals surface area contributed by atoms with Crippen molar-refractivity contribution in [3.05, 3.63) is 35.4 Å². The molecule has 0 saturated heterocycles. The van der Waals surface area contributed by atoms with Gasteiger partial charge in [-0.25, -0.2) is 8.78 Å². The number of benzene rings is 1. The van der Waals surface area contributed by atoms with Gasteiger partial charge in [-0.3, -0.25) is 0 Å². The van der Waals surface area contributed by atoms with Gasteiger partial charge in [0.2, 0.25) is 0 Å². The van der Waals surface area contributed by atoms with Crippen molar-refractivity contribution in [3.63, 3.8) is 0 Å². The first-order valence-corrected chi connectivity index (χ1v) is 5.86. The molecule has 16 heavy (non-hydrogen) atoms. The van der Waals surface area contributed by atoms with Crippen LogP contribution in [0, 0.1) is 17.6 Å². The van der Waals surface area contributed by atoms with Gasteiger partial charge in [-0.2, -0.15) is 0 Å². The third kappa shape index (κ3) is 3.01. The Labute approximate surface area is 94.7 Å². The Kier molecular flexibility index (Phi) is 3.54. The van der Waals surface area contributed by atoms with E-state index < -0.39 is 0 Å². The van der Waals surface area contributed by atoms with Gasteiger partial charge in [0.05, 0.1) is 0 Å². The Balaban J connectivity index is 1.81. The molecule has 0 spiro atoms. The summed E-state index contributed by atoms with van der Waals surface area (Å²) in [5.41, 5.74) is 6.40. The van der Waals surface area contributed by atoms with E-state index in [1.807, 2.05) is 0 Å². The fourth-order valence-corrected chi connectivity index (χ4v) is 2.02. The predicted octanol–water partition coefficient (Wildman–Crippen LogP) is 3.02. The zero-order chi connectivity index (χ0) is 11.5. The Bertz CT molecular complexity index is 361. The van der Waals surface area contributed by atoms with Crippen molar-refractivity contribution in [3.8, 4) is 0 Å². The standard InChI is InChI=1S/C13H17F2N/c14-11-6-7-12(15)10(8-11)2-1-3-13(16)9-4-5-9/h6-9,13H,1-5,16H2. The average molecular weight is 225 g/mol. The first kappa shape index (κ1) is 11.5. The Morgan fingerprint density at radius 2 is 2.06 bits per heavy atom. The summed E-state index contributed by atoms with van der Waals surface area (Å²) in [7, 11) is 0. The molecule has 0 amide bonds. The summed E-state index contributed by atoms with van der Waals surface area (Å²) in [4.78, 5) is 0. The summed E-state index contributed by atoms with van der Waals surface area (Å²) in [6, 6.07) is 3.86. The Hall–Kier alpha value is -0.960. The van der Waals surface area contributed by atoms with Gasteiger partial charge in [-0.05, 0) is 61.8 Å². The van der Waals surface area contributed by atoms with Gasteiger partial charge < -0.3 is 5.73 Å². The van der Waals surface area contributed by atoms with Crippen LogP contribution in [0.2, 0.25) is 0 Å². The second kappa shape index (κ2) is 4.91. The van der Waals surface area contributed by atoms with Crippen LogP contribution in [0.3, 0.4) is 0 Å². The van der Waals surface area contributed by atoms with Crippen LogP contribution in [0.5, 0.6) is 0 Å². The van der Waals surface area contributed by atoms with Gasteiger partial charge in [0.25, 0.3) is 0 Å². The highest BCUT2D eigenvalue weighted by Crippen LogP contribution is 2.33. The third-order valence-electron chi connectivity index (χ3n) is 3.22. The van der Waals surface area contributed by atoms with Crippen LogP contribution in [-0.4, -0.2) is 6.04 Å². The van der Waals surface area contributed by atoms with Crippen LogP contribution >= 0.6 is 0 Å². The van der Waals surface area contributed by atoms with Crippen molar-refractivity contribution in [1.29, 1.82) is 0 Å². The largest absolute Gasteiger partial charge is 0.327 e.